The summed E-state index contributed by atoms with van der Waals surface area (Å²) in [6, 6.07) is 0. The molecule has 12 atom stereocenters. The van der Waals surface area contributed by atoms with Crippen LogP contribution in [0.4, 0.5) is 0 Å². The highest BCUT2D eigenvalue weighted by Crippen LogP contribution is 2.37. The van der Waals surface area contributed by atoms with Crippen LogP contribution >= 0.6 is 23.5 Å². The molecule has 95 heavy (non-hydrogen) atoms. The Morgan fingerprint density at radius 2 is 0.537 bits per heavy atom. The van der Waals surface area contributed by atoms with Crippen molar-refractivity contribution >= 4 is 41.2 Å². The second kappa shape index (κ2) is 54.5. The number of carbonyl (C=O) groups is 3. The molecule has 0 aromatic heterocycles. The molecule has 3 amide bonds. The minimum atomic E-state index is -4.81. The fraction of sp³-hybridized carbons (Fsp3) is 0.940. The summed E-state index contributed by atoms with van der Waals surface area (Å²) in [5, 5.41) is 127. The Kier molecular flexibility index (Phi) is 53.2. The number of phosphoric ester groups is 3. The summed E-state index contributed by atoms with van der Waals surface area (Å²) < 4.78 is 109. The molecule has 21 N–H and O–H groups in total. The zero-order chi connectivity index (χ0) is 71.7. The van der Waals surface area contributed by atoms with Gasteiger partial charge in [-0.2, -0.15) is 0 Å². The lowest BCUT2D eigenvalue weighted by Gasteiger charge is -2.29. The molecule has 45 heteroatoms. The van der Waals surface area contributed by atoms with Crippen molar-refractivity contribution in [2.24, 2.45) is 5.41 Å². The first-order chi connectivity index (χ1) is 44.7. The van der Waals surface area contributed by atoms with Crippen LogP contribution in [0.1, 0.15) is 45.4 Å². The van der Waals surface area contributed by atoms with Crippen molar-refractivity contribution < 1.29 is 189 Å². The van der Waals surface area contributed by atoms with Gasteiger partial charge in [-0.25, -0.2) is 13.7 Å². The molecule has 12 unspecified atom stereocenters. The van der Waals surface area contributed by atoms with Gasteiger partial charge in [-0.15, -0.1) is 0 Å². The fourth-order valence-electron chi connectivity index (χ4n) is 7.15. The standard InChI is InChI=1S/C50H102N3O39P3/c1-50(32-84-11-5-38(57)51-8-17-78-20-23-81-26-29-87-47(66)44(63)41(60)35(54)2-14-90-93(69,70)71,33-85-12-6-39(58)52-9-18-79-21-24-82-27-30-88-48(67)45(64)42(61)36(55)3-15-91-94(72,73)74)34-86-13-7-40(59)53-10-19-80-22-25-83-28-31-89-49(68)46(65)43(62)37(56)4-16-92-95(75,76)77/h35-37,41-49,54-56,60-68H,2-34H2,1H3,(H,51,57)(H,52,58)(H,53,59)(H2,69,70,71)(H2,72,73,74)(H2,75,76,77). The summed E-state index contributed by atoms with van der Waals surface area (Å²) in [6.07, 6.45) is -24.1. The Morgan fingerprint density at radius 1 is 0.316 bits per heavy atom. The Balaban J connectivity index is 4.75. The molecule has 0 aliphatic rings. The lowest BCUT2D eigenvalue weighted by atomic mass is 9.94. The van der Waals surface area contributed by atoms with E-state index < -0.39 is 142 Å². The van der Waals surface area contributed by atoms with Gasteiger partial charge in [-0.05, 0) is 19.3 Å². The average molecular weight is 1460 g/mol. The first-order valence-electron chi connectivity index (χ1n) is 29.8. The molecular weight excluding hydrogens is 1360 g/mol. The van der Waals surface area contributed by atoms with Crippen molar-refractivity contribution in [3.05, 3.63) is 0 Å². The molecule has 0 heterocycles. The van der Waals surface area contributed by atoms with E-state index in [0.29, 0.717) is 0 Å². The number of aliphatic hydroxyl groups excluding tert-OH is 12. The molecule has 42 nitrogen and oxygen atoms in total. The van der Waals surface area contributed by atoms with Gasteiger partial charge >= 0.3 is 23.5 Å². The van der Waals surface area contributed by atoms with E-state index in [-0.39, 0.29) is 195 Å². The summed E-state index contributed by atoms with van der Waals surface area (Å²) >= 11 is 0. The Bertz CT molecular complexity index is 1870. The van der Waals surface area contributed by atoms with Crippen molar-refractivity contribution in [1.82, 2.24) is 16.0 Å². The lowest BCUT2D eigenvalue weighted by Crippen LogP contribution is -2.46. The molecule has 0 aromatic carbocycles. The zero-order valence-corrected chi connectivity index (χ0v) is 55.4. The van der Waals surface area contributed by atoms with E-state index >= 15 is 0 Å². The minimum Gasteiger partial charge on any atom is -0.390 e. The van der Waals surface area contributed by atoms with Crippen LogP contribution in [0.5, 0.6) is 0 Å². The van der Waals surface area contributed by atoms with E-state index in [9.17, 15) is 89.4 Å². The Hall–Kier alpha value is -2.22. The van der Waals surface area contributed by atoms with Gasteiger partial charge in [0.2, 0.25) is 17.7 Å². The van der Waals surface area contributed by atoms with Crippen LogP contribution in [0.15, 0.2) is 0 Å². The molecule has 0 aliphatic carbocycles. The molecule has 0 saturated carbocycles. The van der Waals surface area contributed by atoms with Crippen molar-refractivity contribution in [1.29, 1.82) is 0 Å². The van der Waals surface area contributed by atoms with Crippen LogP contribution in [0, 0.1) is 5.41 Å². The molecule has 566 valence electrons. The quantitative estimate of drug-likeness (QED) is 0.0153. The molecule has 0 spiro atoms. The summed E-state index contributed by atoms with van der Waals surface area (Å²) in [5.74, 6) is -1.05. The summed E-state index contributed by atoms with van der Waals surface area (Å²) in [5.41, 5.74) is -0.830. The minimum absolute atomic E-state index is 0.00473. The second-order valence-electron chi connectivity index (χ2n) is 20.7. The van der Waals surface area contributed by atoms with Gasteiger partial charge in [0.15, 0.2) is 18.9 Å². The van der Waals surface area contributed by atoms with Gasteiger partial charge in [0.25, 0.3) is 0 Å². The molecule has 0 radical (unpaired) electrons. The third-order valence-electron chi connectivity index (χ3n) is 12.3. The maximum Gasteiger partial charge on any atom is 0.469 e. The monoisotopic (exact) mass is 1460 g/mol. The first-order valence-corrected chi connectivity index (χ1v) is 34.4. The molecule has 0 fully saturated rings. The maximum atomic E-state index is 12.5. The van der Waals surface area contributed by atoms with Crippen molar-refractivity contribution in [3.8, 4) is 0 Å². The molecular formula is C50H102N3O39P3. The van der Waals surface area contributed by atoms with Crippen LogP contribution in [0.25, 0.3) is 0 Å². The highest BCUT2D eigenvalue weighted by Gasteiger charge is 2.34. The number of carbonyl (C=O) groups excluding carboxylic acids is 3. The number of phosphoric acid groups is 3. The predicted molar refractivity (Wildman–Crippen MR) is 316 cm³/mol. The number of hydrogen-bond acceptors (Lipinski definition) is 33. The van der Waals surface area contributed by atoms with Gasteiger partial charge in [-0.1, -0.05) is 6.92 Å². The molecule has 0 bridgehead atoms. The predicted octanol–water partition coefficient (Wildman–Crippen LogP) is -8.59. The lowest BCUT2D eigenvalue weighted by molar-refractivity contribution is -0.207. The third kappa shape index (κ3) is 53.3. The highest BCUT2D eigenvalue weighted by atomic mass is 31.2. The zero-order valence-electron chi connectivity index (χ0n) is 52.7. The van der Waals surface area contributed by atoms with E-state index in [0.717, 1.165) is 0 Å². The van der Waals surface area contributed by atoms with Gasteiger partial charge in [0.1, 0.15) is 36.6 Å². The maximum absolute atomic E-state index is 12.5. The van der Waals surface area contributed by atoms with Crippen LogP contribution in [-0.4, -0.2) is 360 Å². The van der Waals surface area contributed by atoms with E-state index in [4.69, 9.17) is 86.2 Å². The number of hydrogen-bond donors (Lipinski definition) is 21. The van der Waals surface area contributed by atoms with Crippen LogP contribution in [0.2, 0.25) is 0 Å². The van der Waals surface area contributed by atoms with Crippen molar-refractivity contribution in [2.75, 3.05) is 178 Å². The van der Waals surface area contributed by atoms with Crippen LogP contribution in [0.3, 0.4) is 0 Å². The van der Waals surface area contributed by atoms with E-state index in [2.05, 4.69) is 29.5 Å². The number of ether oxygens (including phenoxy) is 12. The third-order valence-corrected chi connectivity index (χ3v) is 13.8. The second-order valence-corrected chi connectivity index (χ2v) is 24.4. The highest BCUT2D eigenvalue weighted by molar-refractivity contribution is 7.46. The fourth-order valence-corrected chi connectivity index (χ4v) is 8.18. The summed E-state index contributed by atoms with van der Waals surface area (Å²) in [7, 11) is -14.4. The van der Waals surface area contributed by atoms with E-state index in [1.165, 1.54) is 0 Å². The van der Waals surface area contributed by atoms with Gasteiger partial charge < -0.3 is 163 Å². The summed E-state index contributed by atoms with van der Waals surface area (Å²) in [4.78, 5) is 89.7. The molecule has 0 saturated heterocycles. The normalized spacial score (nSPS) is 17.0. The number of rotatable bonds is 66. The van der Waals surface area contributed by atoms with Gasteiger partial charge in [0.05, 0.1) is 177 Å². The van der Waals surface area contributed by atoms with Crippen LogP contribution < -0.4 is 16.0 Å². The topological polar surface area (TPSA) is 641 Å². The smallest absolute Gasteiger partial charge is 0.390 e. The number of nitrogens with one attached hydrogen (secondary N) is 3. The first kappa shape index (κ1) is 92.8. The number of amides is 3. The molecule has 0 aliphatic heterocycles. The van der Waals surface area contributed by atoms with Crippen molar-refractivity contribution in [3.63, 3.8) is 0 Å². The summed E-state index contributed by atoms with van der Waals surface area (Å²) in [6.45, 7) is 0.391. The van der Waals surface area contributed by atoms with Crippen LogP contribution in [-0.2, 0) is 98.5 Å². The molecule has 0 rings (SSSR count). The Labute approximate surface area is 547 Å². The van der Waals surface area contributed by atoms with Gasteiger partial charge in [0, 0.05) is 44.3 Å². The van der Waals surface area contributed by atoms with Gasteiger partial charge in [-0.3, -0.25) is 28.0 Å². The van der Waals surface area contributed by atoms with E-state index in [1.54, 1.807) is 6.92 Å². The number of aliphatic hydroxyl groups is 12. The SMILES string of the molecule is CC(COCCC(=O)NCCOCCOCCOC(O)C(O)C(O)C(O)CCOP(=O)(O)O)(COCCC(=O)NCCOCCOCCOC(O)C(O)C(O)C(O)CCOP(=O)(O)O)COCCC(=O)NCCOCCOCCOC(O)C(O)C(O)C(O)CCOP(=O)(O)O. The van der Waals surface area contributed by atoms with E-state index in [1.807, 2.05) is 0 Å². The largest absolute Gasteiger partial charge is 0.469 e. The van der Waals surface area contributed by atoms with Crippen molar-refractivity contribution in [2.45, 2.75) is 119 Å². The molecule has 0 aromatic rings. The average Bonchev–Trinajstić information content (AvgIpc) is 1.10. The Morgan fingerprint density at radius 3 is 0.768 bits per heavy atom.